The molecule has 0 unspecified atom stereocenters. The van der Waals surface area contributed by atoms with Crippen LogP contribution in [0.25, 0.3) is 0 Å². The number of carbonyl (C=O) groups excluding carboxylic acids is 2. The summed E-state index contributed by atoms with van der Waals surface area (Å²) < 4.78 is 0.757. The summed E-state index contributed by atoms with van der Waals surface area (Å²) in [6.07, 6.45) is 0.334. The predicted molar refractivity (Wildman–Crippen MR) is 85.5 cm³/mol. The van der Waals surface area contributed by atoms with Crippen LogP contribution in [0, 0.1) is 5.92 Å². The molecule has 1 aromatic carbocycles. The highest BCUT2D eigenvalue weighted by Crippen LogP contribution is 2.11. The summed E-state index contributed by atoms with van der Waals surface area (Å²) in [5.74, 6) is -1.87. The Hall–Kier alpha value is -1.89. The monoisotopic (exact) mass is 370 g/mol. The van der Waals surface area contributed by atoms with Crippen molar-refractivity contribution in [2.45, 2.75) is 26.3 Å². The molecule has 1 rings (SSSR count). The molecule has 0 saturated heterocycles. The SMILES string of the molecule is CC(C)C[C@@H](NC(=O)CNC(=O)c1cccc(Br)c1)C(=O)O. The van der Waals surface area contributed by atoms with Crippen molar-refractivity contribution in [1.82, 2.24) is 10.6 Å². The highest BCUT2D eigenvalue weighted by atomic mass is 79.9. The number of carboxylic acid groups (broad SMARTS) is 1. The highest BCUT2D eigenvalue weighted by molar-refractivity contribution is 9.10. The fourth-order valence-electron chi connectivity index (χ4n) is 1.83. The minimum Gasteiger partial charge on any atom is -0.480 e. The Balaban J connectivity index is 2.51. The summed E-state index contributed by atoms with van der Waals surface area (Å²) in [6.45, 7) is 3.47. The number of hydrogen-bond acceptors (Lipinski definition) is 3. The summed E-state index contributed by atoms with van der Waals surface area (Å²) in [4.78, 5) is 34.7. The molecule has 3 N–H and O–H groups in total. The molecule has 0 bridgehead atoms. The Morgan fingerprint density at radius 2 is 1.95 bits per heavy atom. The van der Waals surface area contributed by atoms with Gasteiger partial charge in [0.25, 0.3) is 5.91 Å². The first-order valence-corrected chi connectivity index (χ1v) is 7.64. The van der Waals surface area contributed by atoms with E-state index in [1.165, 1.54) is 0 Å². The van der Waals surface area contributed by atoms with E-state index in [1.807, 2.05) is 13.8 Å². The molecule has 1 aromatic rings. The third-order valence-electron chi connectivity index (χ3n) is 2.84. The Morgan fingerprint density at radius 1 is 1.27 bits per heavy atom. The van der Waals surface area contributed by atoms with Crippen LogP contribution in [0.15, 0.2) is 28.7 Å². The molecule has 0 radical (unpaired) electrons. The van der Waals surface area contributed by atoms with Crippen LogP contribution in [-0.4, -0.2) is 35.5 Å². The van der Waals surface area contributed by atoms with Gasteiger partial charge in [-0.15, -0.1) is 0 Å². The Labute approximate surface area is 137 Å². The molecule has 6 nitrogen and oxygen atoms in total. The van der Waals surface area contributed by atoms with Crippen LogP contribution in [0.3, 0.4) is 0 Å². The number of hydrogen-bond donors (Lipinski definition) is 3. The van der Waals surface area contributed by atoms with Crippen LogP contribution in [0.2, 0.25) is 0 Å². The summed E-state index contributed by atoms with van der Waals surface area (Å²) >= 11 is 3.26. The van der Waals surface area contributed by atoms with E-state index >= 15 is 0 Å². The normalized spacial score (nSPS) is 11.8. The Morgan fingerprint density at radius 3 is 2.50 bits per heavy atom. The van der Waals surface area contributed by atoms with Crippen LogP contribution in [0.1, 0.15) is 30.6 Å². The molecule has 22 heavy (non-hydrogen) atoms. The van der Waals surface area contributed by atoms with Gasteiger partial charge in [-0.25, -0.2) is 4.79 Å². The van der Waals surface area contributed by atoms with E-state index in [9.17, 15) is 14.4 Å². The number of carboxylic acids is 1. The number of nitrogens with one attached hydrogen (secondary N) is 2. The van der Waals surface area contributed by atoms with E-state index in [1.54, 1.807) is 24.3 Å². The topological polar surface area (TPSA) is 95.5 Å². The third kappa shape index (κ3) is 6.26. The van der Waals surface area contributed by atoms with E-state index in [2.05, 4.69) is 26.6 Å². The maximum absolute atomic E-state index is 11.9. The molecule has 2 amide bonds. The van der Waals surface area contributed by atoms with Crippen molar-refractivity contribution in [3.05, 3.63) is 34.3 Å². The largest absolute Gasteiger partial charge is 0.480 e. The molecule has 120 valence electrons. The molecule has 0 aliphatic carbocycles. The van der Waals surface area contributed by atoms with E-state index in [0.717, 1.165) is 4.47 Å². The average Bonchev–Trinajstić information content (AvgIpc) is 2.43. The zero-order valence-electron chi connectivity index (χ0n) is 12.4. The van der Waals surface area contributed by atoms with Gasteiger partial charge >= 0.3 is 5.97 Å². The summed E-state index contributed by atoms with van der Waals surface area (Å²) in [5.41, 5.74) is 0.416. The molecule has 0 aliphatic rings. The quantitative estimate of drug-likeness (QED) is 0.681. The van der Waals surface area contributed by atoms with Crippen molar-refractivity contribution in [2.24, 2.45) is 5.92 Å². The number of benzene rings is 1. The Bertz CT molecular complexity index is 560. The van der Waals surface area contributed by atoms with Crippen LogP contribution in [0.5, 0.6) is 0 Å². The molecule has 0 spiro atoms. The predicted octanol–water partition coefficient (Wildman–Crippen LogP) is 1.79. The number of carbonyl (C=O) groups is 3. The number of amides is 2. The minimum absolute atomic E-state index is 0.137. The van der Waals surface area contributed by atoms with Gasteiger partial charge < -0.3 is 15.7 Å². The van der Waals surface area contributed by atoms with Gasteiger partial charge in [0.1, 0.15) is 6.04 Å². The Kier molecular flexibility index (Phi) is 7.04. The van der Waals surface area contributed by atoms with E-state index in [4.69, 9.17) is 5.11 Å². The van der Waals surface area contributed by atoms with Crippen molar-refractivity contribution < 1.29 is 19.5 Å². The van der Waals surface area contributed by atoms with Gasteiger partial charge in [0, 0.05) is 10.0 Å². The maximum Gasteiger partial charge on any atom is 0.326 e. The molecular formula is C15H19BrN2O4. The lowest BCUT2D eigenvalue weighted by atomic mass is 10.0. The van der Waals surface area contributed by atoms with Gasteiger partial charge in [-0.1, -0.05) is 35.8 Å². The molecule has 7 heteroatoms. The standard InChI is InChI=1S/C15H19BrN2O4/c1-9(2)6-12(15(21)22)18-13(19)8-17-14(20)10-4-3-5-11(16)7-10/h3-5,7,9,12H,6,8H2,1-2H3,(H,17,20)(H,18,19)(H,21,22)/t12-/m1/s1. The van der Waals surface area contributed by atoms with Gasteiger partial charge in [0.2, 0.25) is 5.91 Å². The highest BCUT2D eigenvalue weighted by Gasteiger charge is 2.21. The molecule has 0 heterocycles. The molecule has 0 aromatic heterocycles. The first-order chi connectivity index (χ1) is 10.3. The van der Waals surface area contributed by atoms with Gasteiger partial charge in [-0.05, 0) is 30.5 Å². The maximum atomic E-state index is 11.9. The van der Waals surface area contributed by atoms with Crippen LogP contribution in [0.4, 0.5) is 0 Å². The van der Waals surface area contributed by atoms with Crippen molar-refractivity contribution in [3.8, 4) is 0 Å². The van der Waals surface area contributed by atoms with E-state index < -0.39 is 23.8 Å². The number of aliphatic carboxylic acids is 1. The molecule has 0 aliphatic heterocycles. The lowest BCUT2D eigenvalue weighted by molar-refractivity contribution is -0.142. The number of rotatable bonds is 7. The average molecular weight is 371 g/mol. The first-order valence-electron chi connectivity index (χ1n) is 6.85. The van der Waals surface area contributed by atoms with E-state index in [0.29, 0.717) is 12.0 Å². The fourth-order valence-corrected chi connectivity index (χ4v) is 2.23. The van der Waals surface area contributed by atoms with Crippen LogP contribution >= 0.6 is 15.9 Å². The zero-order chi connectivity index (χ0) is 16.7. The molecule has 1 atom stereocenters. The summed E-state index contributed by atoms with van der Waals surface area (Å²) in [7, 11) is 0. The van der Waals surface area contributed by atoms with Gasteiger partial charge in [-0.2, -0.15) is 0 Å². The second-order valence-electron chi connectivity index (χ2n) is 5.28. The second-order valence-corrected chi connectivity index (χ2v) is 6.20. The van der Waals surface area contributed by atoms with Gasteiger partial charge in [0.05, 0.1) is 6.54 Å². The third-order valence-corrected chi connectivity index (χ3v) is 3.33. The first kappa shape index (κ1) is 18.2. The summed E-state index contributed by atoms with van der Waals surface area (Å²) in [6, 6.07) is 5.80. The molecule has 0 saturated carbocycles. The summed E-state index contributed by atoms with van der Waals surface area (Å²) in [5, 5.41) is 13.9. The van der Waals surface area contributed by atoms with Crippen LogP contribution < -0.4 is 10.6 Å². The second kappa shape index (κ2) is 8.53. The number of halogens is 1. The fraction of sp³-hybridized carbons (Fsp3) is 0.400. The van der Waals surface area contributed by atoms with Crippen molar-refractivity contribution in [2.75, 3.05) is 6.54 Å². The van der Waals surface area contributed by atoms with Crippen molar-refractivity contribution in [1.29, 1.82) is 0 Å². The molecular weight excluding hydrogens is 352 g/mol. The minimum atomic E-state index is -1.08. The van der Waals surface area contributed by atoms with Gasteiger partial charge in [-0.3, -0.25) is 9.59 Å². The zero-order valence-corrected chi connectivity index (χ0v) is 14.0. The van der Waals surface area contributed by atoms with Crippen molar-refractivity contribution in [3.63, 3.8) is 0 Å². The van der Waals surface area contributed by atoms with E-state index in [-0.39, 0.29) is 12.5 Å². The smallest absolute Gasteiger partial charge is 0.326 e. The van der Waals surface area contributed by atoms with Gasteiger partial charge in [0.15, 0.2) is 0 Å². The lowest BCUT2D eigenvalue weighted by Gasteiger charge is -2.16. The lowest BCUT2D eigenvalue weighted by Crippen LogP contribution is -2.46. The molecule has 0 fully saturated rings. The van der Waals surface area contributed by atoms with Crippen molar-refractivity contribution >= 4 is 33.7 Å². The van der Waals surface area contributed by atoms with Crippen LogP contribution in [-0.2, 0) is 9.59 Å².